The normalized spacial score (nSPS) is 25.1. The fourth-order valence-electron chi connectivity index (χ4n) is 5.05. The lowest BCUT2D eigenvalue weighted by Crippen LogP contribution is -2.51. The number of aryl methyl sites for hydroxylation is 1. The molecule has 1 aliphatic carbocycles. The second-order valence-electron chi connectivity index (χ2n) is 11.0. The van der Waals surface area contributed by atoms with E-state index in [9.17, 15) is 14.7 Å². The third-order valence-electron chi connectivity index (χ3n) is 6.97. The summed E-state index contributed by atoms with van der Waals surface area (Å²) in [5.41, 5.74) is 2.47. The van der Waals surface area contributed by atoms with E-state index in [1.54, 1.807) is 4.68 Å². The highest BCUT2D eigenvalue weighted by molar-refractivity contribution is 5.90. The summed E-state index contributed by atoms with van der Waals surface area (Å²) in [4.78, 5) is 28.7. The molecule has 1 aromatic heterocycles. The average molecular weight is 468 g/mol. The SMILES string of the molecule is Cc1ccc2c(c1)C(NC(=O)C1CC(O)CN1C(=O)[C@@H](n1cc(C3CC3)nn1)C(C)(C)C)CO2. The van der Waals surface area contributed by atoms with Crippen LogP contribution in [0.25, 0.3) is 0 Å². The van der Waals surface area contributed by atoms with Gasteiger partial charge in [-0.2, -0.15) is 0 Å². The Balaban J connectivity index is 1.36. The molecule has 5 rings (SSSR count). The molecule has 3 unspecified atom stereocenters. The molecule has 2 aromatic rings. The number of aliphatic hydroxyl groups is 1. The number of benzene rings is 1. The maximum absolute atomic E-state index is 13.8. The van der Waals surface area contributed by atoms with E-state index in [1.165, 1.54) is 4.90 Å². The molecule has 3 aliphatic rings. The zero-order valence-corrected chi connectivity index (χ0v) is 20.2. The van der Waals surface area contributed by atoms with Crippen molar-refractivity contribution in [3.8, 4) is 5.75 Å². The van der Waals surface area contributed by atoms with E-state index in [0.717, 1.165) is 35.4 Å². The van der Waals surface area contributed by atoms with Crippen LogP contribution >= 0.6 is 0 Å². The molecule has 0 bridgehead atoms. The first-order valence-electron chi connectivity index (χ1n) is 12.1. The van der Waals surface area contributed by atoms with Gasteiger partial charge in [0, 0.05) is 30.6 Å². The fourth-order valence-corrected chi connectivity index (χ4v) is 5.05. The van der Waals surface area contributed by atoms with Crippen LogP contribution in [0.5, 0.6) is 5.75 Å². The van der Waals surface area contributed by atoms with Gasteiger partial charge in [-0.05, 0) is 31.2 Å². The summed E-state index contributed by atoms with van der Waals surface area (Å²) >= 11 is 0. The summed E-state index contributed by atoms with van der Waals surface area (Å²) in [5.74, 6) is 0.686. The van der Waals surface area contributed by atoms with Gasteiger partial charge in [0.25, 0.3) is 0 Å². The minimum absolute atomic E-state index is 0.116. The molecule has 2 fully saturated rings. The standard InChI is InChI=1S/C25H33N5O4/c1-14-5-8-21-17(9-14)19(13-34-21)26-23(32)20-10-16(31)11-29(20)24(33)22(25(2,3)4)30-12-18(27-28-30)15-6-7-15/h5,8-9,12,15-16,19-20,22,31H,6-7,10-11,13H2,1-4H3,(H,26,32)/t16?,19?,20?,22-/m1/s1. The Morgan fingerprint density at radius 1 is 1.26 bits per heavy atom. The highest BCUT2D eigenvalue weighted by atomic mass is 16.5. The number of fused-ring (bicyclic) bond motifs is 1. The third kappa shape index (κ3) is 4.29. The molecule has 1 saturated carbocycles. The van der Waals surface area contributed by atoms with E-state index < -0.39 is 23.6 Å². The second-order valence-corrected chi connectivity index (χ2v) is 11.0. The minimum atomic E-state index is -0.757. The zero-order valence-electron chi connectivity index (χ0n) is 20.2. The number of carbonyl (C=O) groups excluding carboxylic acids is 2. The molecular formula is C25H33N5O4. The first kappa shape index (κ1) is 22.8. The number of rotatable bonds is 5. The number of nitrogens with zero attached hydrogens (tertiary/aromatic N) is 4. The highest BCUT2D eigenvalue weighted by Gasteiger charge is 2.46. The molecule has 3 heterocycles. The Bertz CT molecular complexity index is 1100. The molecule has 2 aliphatic heterocycles. The number of aliphatic hydroxyl groups excluding tert-OH is 1. The van der Waals surface area contributed by atoms with Crippen LogP contribution in [0, 0.1) is 12.3 Å². The molecule has 2 N–H and O–H groups in total. The van der Waals surface area contributed by atoms with Gasteiger partial charge in [0.05, 0.1) is 17.8 Å². The van der Waals surface area contributed by atoms with Crippen LogP contribution in [-0.4, -0.2) is 62.1 Å². The monoisotopic (exact) mass is 467 g/mol. The second kappa shape index (κ2) is 8.37. The summed E-state index contributed by atoms with van der Waals surface area (Å²) in [6.45, 7) is 8.39. The third-order valence-corrected chi connectivity index (χ3v) is 6.97. The number of ether oxygens (including phenoxy) is 1. The van der Waals surface area contributed by atoms with Crippen LogP contribution in [0.1, 0.15) is 74.9 Å². The number of aromatic nitrogens is 3. The van der Waals surface area contributed by atoms with Crippen LogP contribution in [0.2, 0.25) is 0 Å². The van der Waals surface area contributed by atoms with Crippen LogP contribution < -0.4 is 10.1 Å². The summed E-state index contributed by atoms with van der Waals surface area (Å²) < 4.78 is 7.37. The quantitative estimate of drug-likeness (QED) is 0.698. The number of nitrogens with one attached hydrogen (secondary N) is 1. The van der Waals surface area contributed by atoms with E-state index >= 15 is 0 Å². The van der Waals surface area contributed by atoms with Crippen LogP contribution in [0.4, 0.5) is 0 Å². The zero-order chi connectivity index (χ0) is 24.2. The molecule has 2 amide bonds. The predicted octanol–water partition coefficient (Wildman–Crippen LogP) is 2.26. The van der Waals surface area contributed by atoms with Crippen LogP contribution in [0.15, 0.2) is 24.4 Å². The largest absolute Gasteiger partial charge is 0.491 e. The Hall–Kier alpha value is -2.94. The molecule has 9 heteroatoms. The van der Waals surface area contributed by atoms with E-state index in [2.05, 4.69) is 15.6 Å². The van der Waals surface area contributed by atoms with Gasteiger partial charge < -0.3 is 20.1 Å². The van der Waals surface area contributed by atoms with Gasteiger partial charge in [-0.3, -0.25) is 9.59 Å². The smallest absolute Gasteiger partial charge is 0.248 e. The van der Waals surface area contributed by atoms with Crippen molar-refractivity contribution in [2.45, 2.75) is 77.1 Å². The first-order valence-corrected chi connectivity index (χ1v) is 12.1. The summed E-state index contributed by atoms with van der Waals surface area (Å²) in [7, 11) is 0. The van der Waals surface area contributed by atoms with Crippen molar-refractivity contribution >= 4 is 11.8 Å². The fraction of sp³-hybridized carbons (Fsp3) is 0.600. The van der Waals surface area contributed by atoms with Gasteiger partial charge in [0.1, 0.15) is 24.4 Å². The van der Waals surface area contributed by atoms with Crippen LogP contribution in [-0.2, 0) is 9.59 Å². The minimum Gasteiger partial charge on any atom is -0.491 e. The van der Waals surface area contributed by atoms with Gasteiger partial charge >= 0.3 is 0 Å². The molecule has 1 aromatic carbocycles. The predicted molar refractivity (Wildman–Crippen MR) is 124 cm³/mol. The van der Waals surface area contributed by atoms with E-state index in [0.29, 0.717) is 12.5 Å². The maximum Gasteiger partial charge on any atom is 0.248 e. The van der Waals surface area contributed by atoms with Gasteiger partial charge in [-0.25, -0.2) is 4.68 Å². The maximum atomic E-state index is 13.8. The molecule has 9 nitrogen and oxygen atoms in total. The van der Waals surface area contributed by atoms with Crippen molar-refractivity contribution in [1.82, 2.24) is 25.2 Å². The topological polar surface area (TPSA) is 110 Å². The molecule has 1 saturated heterocycles. The number of β-amino-alcohol motifs (C(OH)–C–C–N with tert-alkyl or cyclic N) is 1. The van der Waals surface area contributed by atoms with Crippen molar-refractivity contribution < 1.29 is 19.4 Å². The van der Waals surface area contributed by atoms with Crippen LogP contribution in [0.3, 0.4) is 0 Å². The van der Waals surface area contributed by atoms with Gasteiger partial charge in [-0.15, -0.1) is 5.10 Å². The summed E-state index contributed by atoms with van der Waals surface area (Å²) in [5, 5.41) is 22.0. The Morgan fingerprint density at radius 2 is 2.03 bits per heavy atom. The lowest BCUT2D eigenvalue weighted by atomic mass is 9.85. The molecule has 0 radical (unpaired) electrons. The lowest BCUT2D eigenvalue weighted by molar-refractivity contribution is -0.144. The van der Waals surface area contributed by atoms with Crippen molar-refractivity contribution in [1.29, 1.82) is 0 Å². The number of carbonyl (C=O) groups is 2. The van der Waals surface area contributed by atoms with E-state index in [-0.39, 0.29) is 30.8 Å². The molecular weight excluding hydrogens is 434 g/mol. The van der Waals surface area contributed by atoms with Gasteiger partial charge in [0.2, 0.25) is 11.8 Å². The van der Waals surface area contributed by atoms with Crippen molar-refractivity contribution in [3.05, 3.63) is 41.2 Å². The number of hydrogen-bond acceptors (Lipinski definition) is 6. The lowest BCUT2D eigenvalue weighted by Gasteiger charge is -2.34. The number of likely N-dealkylation sites (tertiary alicyclic amines) is 1. The number of amides is 2. The highest BCUT2D eigenvalue weighted by Crippen LogP contribution is 2.40. The molecule has 34 heavy (non-hydrogen) atoms. The van der Waals surface area contributed by atoms with E-state index in [4.69, 9.17) is 4.74 Å². The van der Waals surface area contributed by atoms with Crippen molar-refractivity contribution in [2.75, 3.05) is 13.2 Å². The van der Waals surface area contributed by atoms with Crippen molar-refractivity contribution in [3.63, 3.8) is 0 Å². The molecule has 182 valence electrons. The van der Waals surface area contributed by atoms with Gasteiger partial charge in [0.15, 0.2) is 0 Å². The molecule has 4 atom stereocenters. The Labute approximate surface area is 199 Å². The first-order chi connectivity index (χ1) is 16.1. The summed E-state index contributed by atoms with van der Waals surface area (Å²) in [6.07, 6.45) is 3.50. The van der Waals surface area contributed by atoms with Crippen molar-refractivity contribution in [2.24, 2.45) is 5.41 Å². The van der Waals surface area contributed by atoms with E-state index in [1.807, 2.05) is 52.1 Å². The Morgan fingerprint density at radius 3 is 2.74 bits per heavy atom. The molecule has 0 spiro atoms. The summed E-state index contributed by atoms with van der Waals surface area (Å²) in [6, 6.07) is 4.22. The Kier molecular flexibility index (Phi) is 5.62. The van der Waals surface area contributed by atoms with Gasteiger partial charge in [-0.1, -0.05) is 43.7 Å². The average Bonchev–Trinajstić information content (AvgIpc) is 3.18. The number of hydrogen-bond donors (Lipinski definition) is 2.